The van der Waals surface area contributed by atoms with E-state index in [0.717, 1.165) is 24.1 Å². The number of benzene rings is 1. The van der Waals surface area contributed by atoms with E-state index in [4.69, 9.17) is 5.73 Å². The largest absolute Gasteiger partial charge is 0.326 e. The first kappa shape index (κ1) is 14.5. The summed E-state index contributed by atoms with van der Waals surface area (Å²) in [4.78, 5) is 4.62. The van der Waals surface area contributed by atoms with Crippen molar-refractivity contribution in [2.75, 3.05) is 4.72 Å². The van der Waals surface area contributed by atoms with Gasteiger partial charge in [0.05, 0.1) is 10.6 Å². The molecule has 0 amide bonds. The molecule has 1 aromatic carbocycles. The summed E-state index contributed by atoms with van der Waals surface area (Å²) in [5.41, 5.74) is 8.14. The fourth-order valence-corrected chi connectivity index (χ4v) is 4.58. The second kappa shape index (κ2) is 5.40. The zero-order valence-corrected chi connectivity index (χ0v) is 13.3. The van der Waals surface area contributed by atoms with Crippen molar-refractivity contribution in [3.05, 3.63) is 40.4 Å². The van der Waals surface area contributed by atoms with E-state index in [0.29, 0.717) is 23.2 Å². The van der Waals surface area contributed by atoms with E-state index in [9.17, 15) is 8.42 Å². The Morgan fingerprint density at radius 1 is 1.43 bits per heavy atom. The van der Waals surface area contributed by atoms with Gasteiger partial charge in [0.2, 0.25) is 0 Å². The zero-order valence-electron chi connectivity index (χ0n) is 11.7. The van der Waals surface area contributed by atoms with Gasteiger partial charge in [0.1, 0.15) is 0 Å². The lowest BCUT2D eigenvalue weighted by molar-refractivity contribution is 0.600. The van der Waals surface area contributed by atoms with Gasteiger partial charge in [0, 0.05) is 17.8 Å². The van der Waals surface area contributed by atoms with E-state index in [1.165, 1.54) is 11.3 Å². The molecule has 0 bridgehead atoms. The average Bonchev–Trinajstić information content (AvgIpc) is 3.20. The Morgan fingerprint density at radius 3 is 2.86 bits per heavy atom. The molecule has 3 N–H and O–H groups in total. The van der Waals surface area contributed by atoms with Crippen molar-refractivity contribution in [3.63, 3.8) is 0 Å². The molecular formula is C14H17N3O2S2. The Labute approximate surface area is 128 Å². The minimum atomic E-state index is -3.63. The Balaban J connectivity index is 1.89. The van der Waals surface area contributed by atoms with Gasteiger partial charge in [-0.1, -0.05) is 12.1 Å². The smallest absolute Gasteiger partial charge is 0.263 e. The summed E-state index contributed by atoms with van der Waals surface area (Å²) >= 11 is 1.33. The van der Waals surface area contributed by atoms with Gasteiger partial charge in [0.25, 0.3) is 10.0 Å². The van der Waals surface area contributed by atoms with Gasteiger partial charge >= 0.3 is 0 Å². The number of nitrogens with one attached hydrogen (secondary N) is 1. The number of aromatic nitrogens is 1. The number of anilines is 1. The second-order valence-corrected chi connectivity index (χ2v) is 7.71. The predicted octanol–water partition coefficient (Wildman–Crippen LogP) is 2.59. The molecule has 3 rings (SSSR count). The number of thiazole rings is 1. The van der Waals surface area contributed by atoms with Gasteiger partial charge in [0.15, 0.2) is 5.13 Å². The van der Waals surface area contributed by atoms with Crippen LogP contribution in [0, 0.1) is 6.92 Å². The quantitative estimate of drug-likeness (QED) is 0.885. The third-order valence-corrected chi connectivity index (χ3v) is 6.03. The van der Waals surface area contributed by atoms with Crippen LogP contribution in [0.3, 0.4) is 0 Å². The van der Waals surface area contributed by atoms with Crippen LogP contribution in [0.1, 0.15) is 35.6 Å². The van der Waals surface area contributed by atoms with Crippen LogP contribution in [-0.4, -0.2) is 13.4 Å². The molecular weight excluding hydrogens is 306 g/mol. The van der Waals surface area contributed by atoms with Crippen molar-refractivity contribution >= 4 is 26.5 Å². The summed E-state index contributed by atoms with van der Waals surface area (Å²) in [7, 11) is -3.63. The normalized spacial score (nSPS) is 15.1. The molecule has 1 aliphatic rings. The molecule has 112 valence electrons. The maximum atomic E-state index is 12.5. The Kier molecular flexibility index (Phi) is 3.73. The van der Waals surface area contributed by atoms with Crippen LogP contribution in [0.2, 0.25) is 0 Å². The highest BCUT2D eigenvalue weighted by Crippen LogP contribution is 2.41. The highest BCUT2D eigenvalue weighted by molar-refractivity contribution is 7.93. The van der Waals surface area contributed by atoms with Crippen molar-refractivity contribution in [2.45, 2.75) is 37.1 Å². The summed E-state index contributed by atoms with van der Waals surface area (Å²) in [6.45, 7) is 2.09. The summed E-state index contributed by atoms with van der Waals surface area (Å²) in [5, 5.41) is 2.35. The van der Waals surface area contributed by atoms with Gasteiger partial charge in [-0.05, 0) is 37.0 Å². The number of hydrogen-bond acceptors (Lipinski definition) is 5. The lowest BCUT2D eigenvalue weighted by Gasteiger charge is -2.11. The van der Waals surface area contributed by atoms with Crippen LogP contribution in [0.15, 0.2) is 28.5 Å². The molecule has 7 heteroatoms. The van der Waals surface area contributed by atoms with E-state index in [1.807, 2.05) is 11.4 Å². The topological polar surface area (TPSA) is 85.1 Å². The molecule has 0 spiro atoms. The van der Waals surface area contributed by atoms with Gasteiger partial charge in [-0.2, -0.15) is 0 Å². The molecule has 5 nitrogen and oxygen atoms in total. The van der Waals surface area contributed by atoms with E-state index >= 15 is 0 Å². The molecule has 1 heterocycles. The number of nitrogens with two attached hydrogens (primary N) is 1. The summed E-state index contributed by atoms with van der Waals surface area (Å²) in [5.74, 6) is 0.516. The third-order valence-electron chi connectivity index (χ3n) is 3.64. The monoisotopic (exact) mass is 323 g/mol. The molecule has 1 saturated carbocycles. The lowest BCUT2D eigenvalue weighted by atomic mass is 10.1. The van der Waals surface area contributed by atoms with Crippen LogP contribution in [0.25, 0.3) is 0 Å². The van der Waals surface area contributed by atoms with Crippen molar-refractivity contribution < 1.29 is 8.42 Å². The summed E-state index contributed by atoms with van der Waals surface area (Å²) in [6, 6.07) is 5.14. The Bertz CT molecular complexity index is 764. The van der Waals surface area contributed by atoms with Gasteiger partial charge in [-0.15, -0.1) is 11.3 Å². The fourth-order valence-electron chi connectivity index (χ4n) is 2.24. The number of hydrogen-bond donors (Lipinski definition) is 2. The maximum absolute atomic E-state index is 12.5. The summed E-state index contributed by atoms with van der Waals surface area (Å²) < 4.78 is 27.6. The first-order valence-electron chi connectivity index (χ1n) is 6.78. The third kappa shape index (κ3) is 2.95. The highest BCUT2D eigenvalue weighted by atomic mass is 32.2. The van der Waals surface area contributed by atoms with Crippen molar-refractivity contribution in [1.82, 2.24) is 4.98 Å². The standard InChI is InChI=1S/C14H17N3O2S2/c1-9-11(7-15)3-2-4-13(9)21(18,19)17-14-16-12(8-20-14)10-5-6-10/h2-4,8,10H,5-7,15H2,1H3,(H,16,17). The zero-order chi connectivity index (χ0) is 15.0. The van der Waals surface area contributed by atoms with E-state index in [1.54, 1.807) is 19.1 Å². The van der Waals surface area contributed by atoms with Crippen molar-refractivity contribution in [1.29, 1.82) is 0 Å². The van der Waals surface area contributed by atoms with Gasteiger partial charge in [-0.3, -0.25) is 4.72 Å². The molecule has 21 heavy (non-hydrogen) atoms. The molecule has 1 aliphatic carbocycles. The van der Waals surface area contributed by atoms with Crippen LogP contribution in [0.4, 0.5) is 5.13 Å². The minimum absolute atomic E-state index is 0.258. The number of nitrogens with zero attached hydrogens (tertiary/aromatic N) is 1. The van der Waals surface area contributed by atoms with E-state index in [2.05, 4.69) is 9.71 Å². The molecule has 0 unspecified atom stereocenters. The second-order valence-electron chi connectivity index (χ2n) is 5.20. The van der Waals surface area contributed by atoms with Crippen molar-refractivity contribution in [2.24, 2.45) is 5.73 Å². The van der Waals surface area contributed by atoms with E-state index in [-0.39, 0.29) is 4.90 Å². The summed E-state index contributed by atoms with van der Waals surface area (Å²) in [6.07, 6.45) is 2.29. The van der Waals surface area contributed by atoms with Gasteiger partial charge in [-0.25, -0.2) is 13.4 Å². The van der Waals surface area contributed by atoms with Crippen LogP contribution in [-0.2, 0) is 16.6 Å². The molecule has 1 fully saturated rings. The van der Waals surface area contributed by atoms with Gasteiger partial charge < -0.3 is 5.73 Å². The Hall–Kier alpha value is -1.44. The molecule has 0 radical (unpaired) electrons. The molecule has 1 aromatic heterocycles. The molecule has 0 aliphatic heterocycles. The van der Waals surface area contributed by atoms with Crippen LogP contribution in [0.5, 0.6) is 0 Å². The average molecular weight is 323 g/mol. The predicted molar refractivity (Wildman–Crippen MR) is 84.0 cm³/mol. The maximum Gasteiger partial charge on any atom is 0.263 e. The SMILES string of the molecule is Cc1c(CN)cccc1S(=O)(=O)Nc1nc(C2CC2)cs1. The number of rotatable bonds is 5. The fraction of sp³-hybridized carbons (Fsp3) is 0.357. The lowest BCUT2D eigenvalue weighted by Crippen LogP contribution is -2.15. The van der Waals surface area contributed by atoms with Crippen LogP contribution < -0.4 is 10.5 Å². The van der Waals surface area contributed by atoms with Crippen LogP contribution >= 0.6 is 11.3 Å². The first-order valence-corrected chi connectivity index (χ1v) is 9.14. The molecule has 0 atom stereocenters. The van der Waals surface area contributed by atoms with E-state index < -0.39 is 10.0 Å². The van der Waals surface area contributed by atoms with Crippen molar-refractivity contribution in [3.8, 4) is 0 Å². The molecule has 0 saturated heterocycles. The first-order chi connectivity index (χ1) is 10.0. The number of sulfonamides is 1. The highest BCUT2D eigenvalue weighted by Gasteiger charge is 2.27. The minimum Gasteiger partial charge on any atom is -0.326 e. The molecule has 2 aromatic rings. The Morgan fingerprint density at radius 2 is 2.19 bits per heavy atom.